The highest BCUT2D eigenvalue weighted by Crippen LogP contribution is 2.32. The van der Waals surface area contributed by atoms with Crippen molar-refractivity contribution in [1.29, 1.82) is 0 Å². The summed E-state index contributed by atoms with van der Waals surface area (Å²) in [5.74, 6) is -1.72. The third kappa shape index (κ3) is 4.78. The summed E-state index contributed by atoms with van der Waals surface area (Å²) < 4.78 is 53.6. The SMILES string of the molecule is O=C(Nc1ccc(F)cc1)c1nnc([C@@H]2CCCN(S(=O)(=O)c3cccc(F)c3)C2)s1. The molecule has 1 aromatic heterocycles. The number of aromatic nitrogens is 2. The van der Waals surface area contributed by atoms with Crippen molar-refractivity contribution in [2.45, 2.75) is 23.7 Å². The summed E-state index contributed by atoms with van der Waals surface area (Å²) in [6, 6.07) is 10.3. The molecular weight excluding hydrogens is 446 g/mol. The first-order chi connectivity index (χ1) is 14.8. The molecule has 1 saturated heterocycles. The van der Waals surface area contributed by atoms with Crippen molar-refractivity contribution < 1.29 is 22.0 Å². The van der Waals surface area contributed by atoms with E-state index in [0.717, 1.165) is 17.4 Å². The van der Waals surface area contributed by atoms with Crippen molar-refractivity contribution in [3.05, 3.63) is 70.2 Å². The van der Waals surface area contributed by atoms with Crippen LogP contribution in [0.25, 0.3) is 0 Å². The van der Waals surface area contributed by atoms with Crippen LogP contribution in [-0.4, -0.2) is 41.9 Å². The van der Waals surface area contributed by atoms with Gasteiger partial charge in [0.25, 0.3) is 5.91 Å². The molecule has 0 spiro atoms. The molecule has 31 heavy (non-hydrogen) atoms. The summed E-state index contributed by atoms with van der Waals surface area (Å²) in [6.45, 7) is 0.499. The zero-order chi connectivity index (χ0) is 22.0. The molecule has 1 aliphatic heterocycles. The van der Waals surface area contributed by atoms with Gasteiger partial charge in [0.2, 0.25) is 15.0 Å². The third-order valence-electron chi connectivity index (χ3n) is 4.90. The molecule has 162 valence electrons. The van der Waals surface area contributed by atoms with Gasteiger partial charge in [0.15, 0.2) is 0 Å². The van der Waals surface area contributed by atoms with Crippen molar-refractivity contribution in [1.82, 2.24) is 14.5 Å². The van der Waals surface area contributed by atoms with Crippen LogP contribution in [0.15, 0.2) is 53.4 Å². The van der Waals surface area contributed by atoms with Crippen LogP contribution in [0.4, 0.5) is 14.5 Å². The number of hydrogen-bond acceptors (Lipinski definition) is 6. The molecular formula is C20H18F2N4O3S2. The Labute approximate surface area is 181 Å². The van der Waals surface area contributed by atoms with Crippen LogP contribution in [0.1, 0.15) is 33.6 Å². The Morgan fingerprint density at radius 2 is 1.87 bits per heavy atom. The summed E-state index contributed by atoms with van der Waals surface area (Å²) in [4.78, 5) is 12.3. The Hall–Kier alpha value is -2.76. The molecule has 0 unspecified atom stereocenters. The first-order valence-electron chi connectivity index (χ1n) is 9.49. The van der Waals surface area contributed by atoms with E-state index in [-0.39, 0.29) is 22.4 Å². The van der Waals surface area contributed by atoms with E-state index < -0.39 is 27.6 Å². The molecule has 1 atom stereocenters. The molecule has 0 aliphatic carbocycles. The van der Waals surface area contributed by atoms with Gasteiger partial charge in [-0.25, -0.2) is 17.2 Å². The van der Waals surface area contributed by atoms with Gasteiger partial charge in [-0.1, -0.05) is 17.4 Å². The summed E-state index contributed by atoms with van der Waals surface area (Å²) >= 11 is 1.09. The van der Waals surface area contributed by atoms with E-state index in [9.17, 15) is 22.0 Å². The minimum atomic E-state index is -3.84. The minimum Gasteiger partial charge on any atom is -0.320 e. The lowest BCUT2D eigenvalue weighted by Gasteiger charge is -2.30. The van der Waals surface area contributed by atoms with Crippen molar-refractivity contribution >= 4 is 33.0 Å². The molecule has 3 aromatic rings. The number of amides is 1. The Morgan fingerprint density at radius 1 is 1.10 bits per heavy atom. The van der Waals surface area contributed by atoms with Crippen molar-refractivity contribution in [3.8, 4) is 0 Å². The van der Waals surface area contributed by atoms with Gasteiger partial charge in [0.1, 0.15) is 16.6 Å². The van der Waals surface area contributed by atoms with E-state index in [0.29, 0.717) is 30.1 Å². The first kappa shape index (κ1) is 21.5. The molecule has 1 amide bonds. The van der Waals surface area contributed by atoms with Crippen LogP contribution in [0, 0.1) is 11.6 Å². The fourth-order valence-electron chi connectivity index (χ4n) is 3.35. The largest absolute Gasteiger partial charge is 0.320 e. The van der Waals surface area contributed by atoms with E-state index >= 15 is 0 Å². The molecule has 1 N–H and O–H groups in total. The number of carbonyl (C=O) groups is 1. The van der Waals surface area contributed by atoms with Crippen LogP contribution in [0.3, 0.4) is 0 Å². The highest BCUT2D eigenvalue weighted by Gasteiger charge is 2.33. The van der Waals surface area contributed by atoms with Crippen LogP contribution in [-0.2, 0) is 10.0 Å². The fraction of sp³-hybridized carbons (Fsp3) is 0.250. The number of rotatable bonds is 5. The van der Waals surface area contributed by atoms with Crippen LogP contribution in [0.5, 0.6) is 0 Å². The summed E-state index contributed by atoms with van der Waals surface area (Å²) in [5.41, 5.74) is 0.424. The number of benzene rings is 2. The zero-order valence-corrected chi connectivity index (χ0v) is 17.8. The van der Waals surface area contributed by atoms with Gasteiger partial charge in [0.05, 0.1) is 4.90 Å². The predicted molar refractivity (Wildman–Crippen MR) is 111 cm³/mol. The Morgan fingerprint density at radius 3 is 2.61 bits per heavy atom. The van der Waals surface area contributed by atoms with Gasteiger partial charge in [-0.3, -0.25) is 4.79 Å². The van der Waals surface area contributed by atoms with Crippen LogP contribution < -0.4 is 5.32 Å². The number of piperidine rings is 1. The standard InChI is InChI=1S/C20H18F2N4O3S2/c21-14-6-8-16(9-7-14)23-18(27)20-25-24-19(30-20)13-3-2-10-26(12-13)31(28,29)17-5-1-4-15(22)11-17/h1,4-9,11,13H,2-3,10,12H2,(H,23,27)/t13-/m1/s1. The lowest BCUT2D eigenvalue weighted by Crippen LogP contribution is -2.39. The molecule has 0 saturated carbocycles. The van der Waals surface area contributed by atoms with Gasteiger partial charge in [-0.2, -0.15) is 4.31 Å². The number of hydrogen-bond donors (Lipinski definition) is 1. The molecule has 0 bridgehead atoms. The molecule has 11 heteroatoms. The summed E-state index contributed by atoms with van der Waals surface area (Å²) in [6.07, 6.45) is 1.30. The summed E-state index contributed by atoms with van der Waals surface area (Å²) in [7, 11) is -3.84. The highest BCUT2D eigenvalue weighted by atomic mass is 32.2. The van der Waals surface area contributed by atoms with E-state index in [4.69, 9.17) is 0 Å². The van der Waals surface area contributed by atoms with Crippen molar-refractivity contribution in [2.24, 2.45) is 0 Å². The zero-order valence-electron chi connectivity index (χ0n) is 16.2. The Kier molecular flexibility index (Phi) is 6.08. The molecule has 2 heterocycles. The maximum Gasteiger partial charge on any atom is 0.286 e. The maximum absolute atomic E-state index is 13.5. The van der Waals surface area contributed by atoms with E-state index in [2.05, 4.69) is 15.5 Å². The molecule has 1 aliphatic rings. The van der Waals surface area contributed by atoms with Crippen molar-refractivity contribution in [3.63, 3.8) is 0 Å². The van der Waals surface area contributed by atoms with E-state index in [1.54, 1.807) is 0 Å². The normalized spacial score (nSPS) is 17.4. The van der Waals surface area contributed by atoms with Gasteiger partial charge in [-0.15, -0.1) is 10.2 Å². The van der Waals surface area contributed by atoms with Gasteiger partial charge >= 0.3 is 0 Å². The monoisotopic (exact) mass is 464 g/mol. The number of halogens is 2. The lowest BCUT2D eigenvalue weighted by atomic mass is 10.0. The van der Waals surface area contributed by atoms with Crippen molar-refractivity contribution in [2.75, 3.05) is 18.4 Å². The fourth-order valence-corrected chi connectivity index (χ4v) is 5.77. The topological polar surface area (TPSA) is 92.3 Å². The minimum absolute atomic E-state index is 0.0928. The summed E-state index contributed by atoms with van der Waals surface area (Å²) in [5, 5.41) is 11.3. The quantitative estimate of drug-likeness (QED) is 0.623. The average molecular weight is 465 g/mol. The van der Waals surface area contributed by atoms with E-state index in [1.807, 2.05) is 0 Å². The molecule has 2 aromatic carbocycles. The number of nitrogens with one attached hydrogen (secondary N) is 1. The van der Waals surface area contributed by atoms with Crippen LogP contribution in [0.2, 0.25) is 0 Å². The number of sulfonamides is 1. The molecule has 1 fully saturated rings. The molecule has 0 radical (unpaired) electrons. The highest BCUT2D eigenvalue weighted by molar-refractivity contribution is 7.89. The second-order valence-electron chi connectivity index (χ2n) is 7.07. The number of carbonyl (C=O) groups excluding carboxylic acids is 1. The lowest BCUT2D eigenvalue weighted by molar-refractivity contribution is 0.102. The van der Waals surface area contributed by atoms with Gasteiger partial charge in [-0.05, 0) is 55.3 Å². The second kappa shape index (κ2) is 8.77. The van der Waals surface area contributed by atoms with Gasteiger partial charge < -0.3 is 5.32 Å². The maximum atomic E-state index is 13.5. The average Bonchev–Trinajstić information content (AvgIpc) is 3.26. The second-order valence-corrected chi connectivity index (χ2v) is 10.0. The smallest absolute Gasteiger partial charge is 0.286 e. The first-order valence-corrected chi connectivity index (χ1v) is 11.7. The van der Waals surface area contributed by atoms with E-state index in [1.165, 1.54) is 46.8 Å². The molecule has 7 nitrogen and oxygen atoms in total. The van der Waals surface area contributed by atoms with Crippen LogP contribution >= 0.6 is 11.3 Å². The Balaban J connectivity index is 1.47. The third-order valence-corrected chi connectivity index (χ3v) is 7.85. The number of nitrogens with zero attached hydrogens (tertiary/aromatic N) is 3. The Bertz CT molecular complexity index is 1200. The predicted octanol–water partition coefficient (Wildman–Crippen LogP) is 3.64. The molecule has 4 rings (SSSR count). The van der Waals surface area contributed by atoms with Gasteiger partial charge in [0, 0.05) is 24.7 Å². The number of anilines is 1.